The highest BCUT2D eigenvalue weighted by atomic mass is 79.9. The van der Waals surface area contributed by atoms with Crippen molar-refractivity contribution < 1.29 is 31.1 Å². The van der Waals surface area contributed by atoms with Gasteiger partial charge in [-0.05, 0) is 6.42 Å². The molecule has 0 spiro atoms. The van der Waals surface area contributed by atoms with E-state index in [2.05, 4.69) is 16.2 Å². The Kier molecular flexibility index (Phi) is 7.03. The highest BCUT2D eigenvalue weighted by molar-refractivity contribution is 5.68. The molecule has 0 unspecified atom stereocenters. The Morgan fingerprint density at radius 3 is 2.87 bits per heavy atom. The van der Waals surface area contributed by atoms with Gasteiger partial charge in [-0.15, -0.1) is 0 Å². The SMILES string of the molecule is CCC[n+]1ccn(CCC(=O)OC)c1.[Br-]. The van der Waals surface area contributed by atoms with Crippen LogP contribution in [0.15, 0.2) is 18.7 Å². The molecule has 4 nitrogen and oxygen atoms in total. The van der Waals surface area contributed by atoms with E-state index in [1.807, 2.05) is 23.3 Å². The van der Waals surface area contributed by atoms with Gasteiger partial charge in [0.2, 0.25) is 6.33 Å². The molecule has 0 aliphatic carbocycles. The van der Waals surface area contributed by atoms with Gasteiger partial charge in [0.05, 0.1) is 20.1 Å². The predicted octanol–water partition coefficient (Wildman–Crippen LogP) is -2.25. The number of halogens is 1. The number of nitrogens with zero attached hydrogens (tertiary/aromatic N) is 2. The standard InChI is InChI=1S/C10H17N2O2.BrH/c1-3-5-11-7-8-12(9-11)6-4-10(13)14-2;/h7-9H,3-6H2,1-2H3;1H/q+1;/p-1. The number of imidazole rings is 1. The van der Waals surface area contributed by atoms with Crippen LogP contribution in [0.3, 0.4) is 0 Å². The Hall–Kier alpha value is -0.840. The zero-order valence-corrected chi connectivity index (χ0v) is 10.7. The van der Waals surface area contributed by atoms with Gasteiger partial charge in [-0.3, -0.25) is 4.79 Å². The fraction of sp³-hybridized carbons (Fsp3) is 0.600. The Morgan fingerprint density at radius 2 is 2.27 bits per heavy atom. The van der Waals surface area contributed by atoms with Gasteiger partial charge in [-0.2, -0.15) is 0 Å². The minimum absolute atomic E-state index is 0. The normalized spacial score (nSPS) is 9.47. The monoisotopic (exact) mass is 276 g/mol. The lowest BCUT2D eigenvalue weighted by molar-refractivity contribution is -0.696. The van der Waals surface area contributed by atoms with Crippen LogP contribution in [0.4, 0.5) is 0 Å². The average Bonchev–Trinajstić information content (AvgIpc) is 2.63. The molecular formula is C10H17BrN2O2. The topological polar surface area (TPSA) is 35.1 Å². The Bertz CT molecular complexity index is 299. The van der Waals surface area contributed by atoms with Gasteiger partial charge in [0, 0.05) is 0 Å². The van der Waals surface area contributed by atoms with Crippen LogP contribution in [0.1, 0.15) is 19.8 Å². The summed E-state index contributed by atoms with van der Waals surface area (Å²) in [5.74, 6) is -0.166. The van der Waals surface area contributed by atoms with Crippen LogP contribution >= 0.6 is 0 Å². The van der Waals surface area contributed by atoms with Gasteiger partial charge < -0.3 is 21.7 Å². The van der Waals surface area contributed by atoms with Crippen LogP contribution in [0.2, 0.25) is 0 Å². The molecule has 0 aromatic carbocycles. The fourth-order valence-electron chi connectivity index (χ4n) is 1.28. The second kappa shape index (κ2) is 7.45. The third-order valence-electron chi connectivity index (χ3n) is 2.03. The fourth-order valence-corrected chi connectivity index (χ4v) is 1.28. The first kappa shape index (κ1) is 14.2. The number of hydrogen-bond donors (Lipinski definition) is 0. The third-order valence-corrected chi connectivity index (χ3v) is 2.03. The molecule has 0 saturated heterocycles. The number of hydrogen-bond acceptors (Lipinski definition) is 2. The van der Waals surface area contributed by atoms with Crippen molar-refractivity contribution in [3.8, 4) is 0 Å². The second-order valence-corrected chi connectivity index (χ2v) is 3.22. The number of esters is 1. The molecule has 15 heavy (non-hydrogen) atoms. The lowest BCUT2D eigenvalue weighted by atomic mass is 10.4. The summed E-state index contributed by atoms with van der Waals surface area (Å²) in [5, 5.41) is 0. The molecule has 1 aromatic rings. The van der Waals surface area contributed by atoms with Gasteiger partial charge in [-0.1, -0.05) is 6.92 Å². The molecule has 0 fully saturated rings. The first-order valence-electron chi connectivity index (χ1n) is 4.88. The summed E-state index contributed by atoms with van der Waals surface area (Å²) in [6.07, 6.45) is 7.54. The summed E-state index contributed by atoms with van der Waals surface area (Å²) < 4.78 is 8.67. The van der Waals surface area contributed by atoms with Crippen LogP contribution in [0, 0.1) is 0 Å². The van der Waals surface area contributed by atoms with E-state index in [-0.39, 0.29) is 23.0 Å². The van der Waals surface area contributed by atoms with Crippen molar-refractivity contribution in [1.82, 2.24) is 4.57 Å². The number of aryl methyl sites for hydroxylation is 2. The second-order valence-electron chi connectivity index (χ2n) is 3.22. The largest absolute Gasteiger partial charge is 1.00 e. The van der Waals surface area contributed by atoms with Crippen molar-refractivity contribution in [3.05, 3.63) is 18.7 Å². The van der Waals surface area contributed by atoms with Gasteiger partial charge in [0.25, 0.3) is 0 Å². The Labute approximate surface area is 101 Å². The molecule has 0 radical (unpaired) electrons. The molecule has 1 rings (SSSR count). The van der Waals surface area contributed by atoms with Crippen molar-refractivity contribution in [1.29, 1.82) is 0 Å². The number of ether oxygens (including phenoxy) is 1. The summed E-state index contributed by atoms with van der Waals surface area (Å²) in [5.41, 5.74) is 0. The van der Waals surface area contributed by atoms with E-state index < -0.39 is 0 Å². The highest BCUT2D eigenvalue weighted by Crippen LogP contribution is 1.91. The summed E-state index contributed by atoms with van der Waals surface area (Å²) in [6, 6.07) is 0. The van der Waals surface area contributed by atoms with Gasteiger partial charge in [0.15, 0.2) is 0 Å². The zero-order valence-electron chi connectivity index (χ0n) is 9.15. The summed E-state index contributed by atoms with van der Waals surface area (Å²) in [7, 11) is 1.41. The van der Waals surface area contributed by atoms with E-state index in [9.17, 15) is 4.79 Å². The molecule has 5 heteroatoms. The Morgan fingerprint density at radius 1 is 1.53 bits per heavy atom. The molecule has 1 aromatic heterocycles. The van der Waals surface area contributed by atoms with Crippen molar-refractivity contribution in [2.75, 3.05) is 7.11 Å². The smallest absolute Gasteiger partial charge is 0.309 e. The molecule has 0 bridgehead atoms. The maximum atomic E-state index is 10.9. The number of methoxy groups -OCH3 is 1. The van der Waals surface area contributed by atoms with Crippen molar-refractivity contribution in [2.24, 2.45) is 0 Å². The quantitative estimate of drug-likeness (QED) is 0.450. The lowest BCUT2D eigenvalue weighted by Crippen LogP contribution is -3.00. The number of carbonyl (C=O) groups is 1. The van der Waals surface area contributed by atoms with E-state index in [4.69, 9.17) is 0 Å². The average molecular weight is 277 g/mol. The molecule has 0 amide bonds. The maximum absolute atomic E-state index is 10.9. The first-order chi connectivity index (χ1) is 6.76. The molecule has 86 valence electrons. The van der Waals surface area contributed by atoms with Crippen LogP contribution < -0.4 is 21.5 Å². The zero-order chi connectivity index (χ0) is 10.4. The van der Waals surface area contributed by atoms with Crippen molar-refractivity contribution in [2.45, 2.75) is 32.9 Å². The maximum Gasteiger partial charge on any atom is 0.309 e. The van der Waals surface area contributed by atoms with E-state index in [1.165, 1.54) is 7.11 Å². The number of rotatable bonds is 5. The van der Waals surface area contributed by atoms with Crippen LogP contribution in [-0.2, 0) is 22.6 Å². The van der Waals surface area contributed by atoms with E-state index in [0.717, 1.165) is 13.0 Å². The minimum Gasteiger partial charge on any atom is -1.00 e. The predicted molar refractivity (Wildman–Crippen MR) is 51.6 cm³/mol. The first-order valence-corrected chi connectivity index (χ1v) is 4.88. The number of aromatic nitrogens is 2. The highest BCUT2D eigenvalue weighted by Gasteiger charge is 2.05. The Balaban J connectivity index is 0.00000196. The molecular weight excluding hydrogens is 260 g/mol. The van der Waals surface area contributed by atoms with Crippen LogP contribution in [0.25, 0.3) is 0 Å². The molecule has 1 heterocycles. The molecule has 0 saturated carbocycles. The molecule has 0 atom stereocenters. The van der Waals surface area contributed by atoms with E-state index in [0.29, 0.717) is 13.0 Å². The van der Waals surface area contributed by atoms with Crippen molar-refractivity contribution >= 4 is 5.97 Å². The number of carbonyl (C=O) groups excluding carboxylic acids is 1. The minimum atomic E-state index is -0.166. The van der Waals surface area contributed by atoms with Gasteiger partial charge in [0.1, 0.15) is 18.9 Å². The molecule has 0 aliphatic heterocycles. The summed E-state index contributed by atoms with van der Waals surface area (Å²) in [6.45, 7) is 3.84. The van der Waals surface area contributed by atoms with E-state index in [1.54, 1.807) is 0 Å². The third kappa shape index (κ3) is 4.97. The lowest BCUT2D eigenvalue weighted by Gasteiger charge is -1.95. The summed E-state index contributed by atoms with van der Waals surface area (Å²) >= 11 is 0. The summed E-state index contributed by atoms with van der Waals surface area (Å²) in [4.78, 5) is 10.9. The molecule has 0 N–H and O–H groups in total. The van der Waals surface area contributed by atoms with Gasteiger partial charge >= 0.3 is 5.97 Å². The van der Waals surface area contributed by atoms with Gasteiger partial charge in [-0.25, -0.2) is 9.13 Å². The van der Waals surface area contributed by atoms with Crippen LogP contribution in [-0.4, -0.2) is 17.6 Å². The van der Waals surface area contributed by atoms with Crippen molar-refractivity contribution in [3.63, 3.8) is 0 Å². The van der Waals surface area contributed by atoms with E-state index >= 15 is 0 Å². The molecule has 0 aliphatic rings. The van der Waals surface area contributed by atoms with Crippen LogP contribution in [0.5, 0.6) is 0 Å².